The smallest absolute Gasteiger partial charge is 0.238 e. The summed E-state index contributed by atoms with van der Waals surface area (Å²) in [5.41, 5.74) is 1.10. The van der Waals surface area contributed by atoms with E-state index in [4.69, 9.17) is 4.74 Å². The van der Waals surface area contributed by atoms with E-state index >= 15 is 0 Å². The van der Waals surface area contributed by atoms with E-state index in [0.717, 1.165) is 37.5 Å². The van der Waals surface area contributed by atoms with Crippen molar-refractivity contribution in [2.24, 2.45) is 0 Å². The van der Waals surface area contributed by atoms with Gasteiger partial charge in [0.25, 0.3) is 0 Å². The fourth-order valence-corrected chi connectivity index (χ4v) is 2.67. The van der Waals surface area contributed by atoms with Crippen LogP contribution in [-0.2, 0) is 4.79 Å². The normalized spacial score (nSPS) is 18.6. The Morgan fingerprint density at radius 2 is 1.95 bits per heavy atom. The largest absolute Gasteiger partial charge is 0.497 e. The van der Waals surface area contributed by atoms with Gasteiger partial charge in [0.2, 0.25) is 5.91 Å². The molecule has 1 atom stereocenters. The molecule has 1 N–H and O–H groups in total. The second kappa shape index (κ2) is 7.43. The van der Waals surface area contributed by atoms with Crippen molar-refractivity contribution in [1.82, 2.24) is 15.1 Å². The number of hydrogen-bond acceptors (Lipinski definition) is 4. The molecule has 1 fully saturated rings. The lowest BCUT2D eigenvalue weighted by Gasteiger charge is -2.27. The summed E-state index contributed by atoms with van der Waals surface area (Å²) in [6, 6.07) is 7.89. The number of likely N-dealkylation sites (N-methyl/N-ethyl adjacent to an activating group) is 1. The maximum absolute atomic E-state index is 12.1. The Labute approximate surface area is 126 Å². The van der Waals surface area contributed by atoms with E-state index in [1.165, 1.54) is 0 Å². The number of carbonyl (C=O) groups is 1. The third-order valence-corrected chi connectivity index (χ3v) is 4.06. The number of carbonyl (C=O) groups excluding carboxylic acids is 1. The molecule has 1 aliphatic rings. The molecule has 5 nitrogen and oxygen atoms in total. The summed E-state index contributed by atoms with van der Waals surface area (Å²) in [6.07, 6.45) is -0.0287. The first-order valence-corrected chi connectivity index (χ1v) is 7.58. The van der Waals surface area contributed by atoms with Gasteiger partial charge in [-0.2, -0.15) is 0 Å². The fraction of sp³-hybridized carbons (Fsp3) is 0.562. The van der Waals surface area contributed by atoms with Gasteiger partial charge in [0, 0.05) is 13.1 Å². The molecule has 0 bridgehead atoms. The van der Waals surface area contributed by atoms with Gasteiger partial charge in [-0.1, -0.05) is 26.0 Å². The van der Waals surface area contributed by atoms with Crippen molar-refractivity contribution in [2.75, 3.05) is 39.8 Å². The van der Waals surface area contributed by atoms with E-state index in [9.17, 15) is 4.79 Å². The first-order chi connectivity index (χ1) is 10.2. The van der Waals surface area contributed by atoms with E-state index in [2.05, 4.69) is 24.1 Å². The van der Waals surface area contributed by atoms with Gasteiger partial charge in [-0.25, -0.2) is 0 Å². The fourth-order valence-electron chi connectivity index (χ4n) is 2.67. The predicted molar refractivity (Wildman–Crippen MR) is 83.2 cm³/mol. The summed E-state index contributed by atoms with van der Waals surface area (Å²) in [7, 11) is 1.66. The highest BCUT2D eigenvalue weighted by molar-refractivity contribution is 5.81. The van der Waals surface area contributed by atoms with Crippen LogP contribution in [0.1, 0.15) is 25.6 Å². The highest BCUT2D eigenvalue weighted by atomic mass is 16.5. The first-order valence-electron chi connectivity index (χ1n) is 7.58. The molecule has 1 amide bonds. The number of nitrogens with one attached hydrogen (secondary N) is 1. The molecule has 2 rings (SSSR count). The number of amides is 1. The average Bonchev–Trinajstić information content (AvgIpc) is 2.89. The van der Waals surface area contributed by atoms with E-state index in [0.29, 0.717) is 6.54 Å². The standard InChI is InChI=1S/C16H25N3O2/c1-4-18(5-2)10-11-19-15(20)12-17-16(19)13-6-8-14(21-3)9-7-13/h6-9,16-17H,4-5,10-12H2,1-3H3. The zero-order chi connectivity index (χ0) is 15.2. The minimum absolute atomic E-state index is 0.0287. The zero-order valence-electron chi connectivity index (χ0n) is 13.1. The summed E-state index contributed by atoms with van der Waals surface area (Å²) >= 11 is 0. The first kappa shape index (κ1) is 15.8. The Hall–Kier alpha value is -1.59. The van der Waals surface area contributed by atoms with Gasteiger partial charge in [0.15, 0.2) is 0 Å². The Morgan fingerprint density at radius 1 is 1.29 bits per heavy atom. The monoisotopic (exact) mass is 291 g/mol. The van der Waals surface area contributed by atoms with E-state index in [1.807, 2.05) is 29.2 Å². The van der Waals surface area contributed by atoms with Gasteiger partial charge >= 0.3 is 0 Å². The molecular weight excluding hydrogens is 266 g/mol. The van der Waals surface area contributed by atoms with Crippen molar-refractivity contribution in [1.29, 1.82) is 0 Å². The lowest BCUT2D eigenvalue weighted by molar-refractivity contribution is -0.128. The molecule has 0 aromatic heterocycles. The number of rotatable bonds is 7. The quantitative estimate of drug-likeness (QED) is 0.826. The molecule has 21 heavy (non-hydrogen) atoms. The van der Waals surface area contributed by atoms with Crippen molar-refractivity contribution in [2.45, 2.75) is 20.0 Å². The van der Waals surface area contributed by atoms with Crippen molar-refractivity contribution < 1.29 is 9.53 Å². The number of nitrogens with zero attached hydrogens (tertiary/aromatic N) is 2. The van der Waals surface area contributed by atoms with Gasteiger partial charge in [-0.05, 0) is 30.8 Å². The lowest BCUT2D eigenvalue weighted by Crippen LogP contribution is -2.38. The number of benzene rings is 1. The molecule has 1 heterocycles. The summed E-state index contributed by atoms with van der Waals surface area (Å²) < 4.78 is 5.18. The van der Waals surface area contributed by atoms with Crippen LogP contribution >= 0.6 is 0 Å². The molecule has 1 aromatic rings. The van der Waals surface area contributed by atoms with Gasteiger partial charge in [0.05, 0.1) is 13.7 Å². The predicted octanol–water partition coefficient (Wildman–Crippen LogP) is 1.47. The van der Waals surface area contributed by atoms with Crippen LogP contribution in [0.4, 0.5) is 0 Å². The van der Waals surface area contributed by atoms with Crippen LogP contribution in [0.15, 0.2) is 24.3 Å². The molecule has 0 spiro atoms. The summed E-state index contributed by atoms with van der Waals surface area (Å²) in [4.78, 5) is 16.4. The highest BCUT2D eigenvalue weighted by Gasteiger charge is 2.31. The van der Waals surface area contributed by atoms with Crippen LogP contribution in [0, 0.1) is 0 Å². The Balaban J connectivity index is 2.04. The molecule has 0 aliphatic carbocycles. The van der Waals surface area contributed by atoms with Crippen molar-refractivity contribution in [3.05, 3.63) is 29.8 Å². The van der Waals surface area contributed by atoms with Crippen molar-refractivity contribution in [3.63, 3.8) is 0 Å². The third-order valence-electron chi connectivity index (χ3n) is 4.06. The molecule has 1 aromatic carbocycles. The van der Waals surface area contributed by atoms with Gasteiger partial charge in [0.1, 0.15) is 11.9 Å². The van der Waals surface area contributed by atoms with Crippen molar-refractivity contribution in [3.8, 4) is 5.75 Å². The molecule has 1 aliphatic heterocycles. The molecule has 116 valence electrons. The SMILES string of the molecule is CCN(CC)CCN1C(=O)CNC1c1ccc(OC)cc1. The maximum Gasteiger partial charge on any atom is 0.238 e. The Kier molecular flexibility index (Phi) is 5.59. The van der Waals surface area contributed by atoms with Crippen LogP contribution in [0.25, 0.3) is 0 Å². The molecule has 1 unspecified atom stereocenters. The molecular formula is C16H25N3O2. The Morgan fingerprint density at radius 3 is 2.52 bits per heavy atom. The van der Waals surface area contributed by atoms with Crippen molar-refractivity contribution >= 4 is 5.91 Å². The van der Waals surface area contributed by atoms with E-state index in [-0.39, 0.29) is 12.1 Å². The summed E-state index contributed by atoms with van der Waals surface area (Å²) in [5.74, 6) is 1.00. The molecule has 5 heteroatoms. The van der Waals surface area contributed by atoms with E-state index in [1.54, 1.807) is 7.11 Å². The number of ether oxygens (including phenoxy) is 1. The van der Waals surface area contributed by atoms with Crippen LogP contribution in [0.5, 0.6) is 5.75 Å². The Bertz CT molecular complexity index is 457. The van der Waals surface area contributed by atoms with Crippen LogP contribution in [-0.4, -0.2) is 55.5 Å². The minimum Gasteiger partial charge on any atom is -0.497 e. The van der Waals surface area contributed by atoms with Crippen LogP contribution in [0.3, 0.4) is 0 Å². The number of hydrogen-bond donors (Lipinski definition) is 1. The van der Waals surface area contributed by atoms with Crippen LogP contribution in [0.2, 0.25) is 0 Å². The maximum atomic E-state index is 12.1. The highest BCUT2D eigenvalue weighted by Crippen LogP contribution is 2.24. The van der Waals surface area contributed by atoms with Gasteiger partial charge in [-0.3, -0.25) is 10.1 Å². The summed E-state index contributed by atoms with van der Waals surface area (Å²) in [6.45, 7) is 8.40. The molecule has 0 radical (unpaired) electrons. The summed E-state index contributed by atoms with van der Waals surface area (Å²) in [5, 5.41) is 3.29. The van der Waals surface area contributed by atoms with Gasteiger partial charge in [-0.15, -0.1) is 0 Å². The number of methoxy groups -OCH3 is 1. The van der Waals surface area contributed by atoms with E-state index < -0.39 is 0 Å². The topological polar surface area (TPSA) is 44.8 Å². The minimum atomic E-state index is -0.0287. The second-order valence-electron chi connectivity index (χ2n) is 5.17. The average molecular weight is 291 g/mol. The molecule has 1 saturated heterocycles. The third kappa shape index (κ3) is 3.74. The molecule has 0 saturated carbocycles. The lowest BCUT2D eigenvalue weighted by atomic mass is 10.1. The van der Waals surface area contributed by atoms with Gasteiger partial charge < -0.3 is 14.5 Å². The zero-order valence-corrected chi connectivity index (χ0v) is 13.1. The second-order valence-corrected chi connectivity index (χ2v) is 5.17. The van der Waals surface area contributed by atoms with Crippen LogP contribution < -0.4 is 10.1 Å².